The van der Waals surface area contributed by atoms with Gasteiger partial charge in [0.15, 0.2) is 0 Å². The summed E-state index contributed by atoms with van der Waals surface area (Å²) >= 11 is 0. The van der Waals surface area contributed by atoms with E-state index in [1.54, 1.807) is 19.9 Å². The number of alkyl halides is 5. The maximum absolute atomic E-state index is 13.8. The van der Waals surface area contributed by atoms with Crippen LogP contribution in [0.4, 0.5) is 33.6 Å². The second-order valence-electron chi connectivity index (χ2n) is 7.09. The minimum absolute atomic E-state index is 0.00405. The van der Waals surface area contributed by atoms with Crippen molar-refractivity contribution in [3.05, 3.63) is 41.7 Å². The molecule has 0 radical (unpaired) electrons. The number of aryl methyl sites for hydroxylation is 1. The van der Waals surface area contributed by atoms with E-state index < -0.39 is 30.5 Å². The van der Waals surface area contributed by atoms with Crippen molar-refractivity contribution >= 4 is 17.5 Å². The van der Waals surface area contributed by atoms with E-state index in [1.165, 1.54) is 6.07 Å². The van der Waals surface area contributed by atoms with Gasteiger partial charge < -0.3 is 15.0 Å². The van der Waals surface area contributed by atoms with Crippen LogP contribution in [-0.2, 0) is 0 Å². The fourth-order valence-electron chi connectivity index (χ4n) is 3.09. The Kier molecular flexibility index (Phi) is 5.82. The number of carbonyl (C=O) groups excluding carboxylic acids is 1. The maximum Gasteiger partial charge on any atom is 0.573 e. The maximum atomic E-state index is 13.8. The minimum Gasteiger partial charge on any atom is -0.406 e. The van der Waals surface area contributed by atoms with Crippen molar-refractivity contribution in [3.63, 3.8) is 0 Å². The van der Waals surface area contributed by atoms with Gasteiger partial charge in [-0.3, -0.25) is 4.79 Å². The number of rotatable bonds is 4. The normalized spacial score (nSPS) is 18.8. The van der Waals surface area contributed by atoms with Crippen LogP contribution in [0.5, 0.6) is 5.75 Å². The lowest BCUT2D eigenvalue weighted by Gasteiger charge is -2.37. The number of halogens is 5. The average molecular weight is 430 g/mol. The molecule has 0 saturated carbocycles. The summed E-state index contributed by atoms with van der Waals surface area (Å²) in [5, 5.41) is 2.69. The summed E-state index contributed by atoms with van der Waals surface area (Å²) in [6.07, 6.45) is -3.85. The highest BCUT2D eigenvalue weighted by atomic mass is 19.4. The highest BCUT2D eigenvalue weighted by Gasteiger charge is 2.41. The highest BCUT2D eigenvalue weighted by Crippen LogP contribution is 2.31. The quantitative estimate of drug-likeness (QED) is 0.713. The van der Waals surface area contributed by atoms with Crippen LogP contribution in [0.1, 0.15) is 35.8 Å². The van der Waals surface area contributed by atoms with E-state index in [1.807, 2.05) is 0 Å². The molecule has 6 nitrogen and oxygen atoms in total. The van der Waals surface area contributed by atoms with Crippen LogP contribution in [0.3, 0.4) is 0 Å². The van der Waals surface area contributed by atoms with Crippen LogP contribution in [0.25, 0.3) is 0 Å². The third-order valence-electron chi connectivity index (χ3n) is 4.64. The van der Waals surface area contributed by atoms with E-state index in [0.717, 1.165) is 23.2 Å². The molecule has 1 atom stereocenters. The summed E-state index contributed by atoms with van der Waals surface area (Å²) in [6.45, 7) is 2.62. The van der Waals surface area contributed by atoms with Gasteiger partial charge in [-0.15, -0.1) is 13.2 Å². The van der Waals surface area contributed by atoms with Crippen LogP contribution >= 0.6 is 0 Å². The fraction of sp³-hybridized carbons (Fsp3) is 0.421. The van der Waals surface area contributed by atoms with Crippen molar-refractivity contribution in [2.45, 2.75) is 45.0 Å². The van der Waals surface area contributed by atoms with Gasteiger partial charge in [0, 0.05) is 24.7 Å². The van der Waals surface area contributed by atoms with Crippen molar-refractivity contribution < 1.29 is 31.5 Å². The molecule has 1 aliphatic heterocycles. The molecule has 0 bridgehead atoms. The number of likely N-dealkylation sites (tertiary alicyclic amines) is 1. The number of piperidine rings is 1. The molecule has 11 heteroatoms. The molecule has 1 N–H and O–H groups in total. The van der Waals surface area contributed by atoms with E-state index in [9.17, 15) is 26.7 Å². The Hall–Kier alpha value is -2.98. The van der Waals surface area contributed by atoms with Crippen LogP contribution in [-0.4, -0.2) is 45.6 Å². The van der Waals surface area contributed by atoms with Gasteiger partial charge in [-0.1, -0.05) is 6.07 Å². The molecule has 2 aromatic rings. The molecule has 0 unspecified atom stereocenters. The summed E-state index contributed by atoms with van der Waals surface area (Å²) < 4.78 is 68.6. The Morgan fingerprint density at radius 2 is 2.00 bits per heavy atom. The second kappa shape index (κ2) is 8.04. The van der Waals surface area contributed by atoms with Crippen molar-refractivity contribution in [3.8, 4) is 5.75 Å². The molecular weight excluding hydrogens is 411 g/mol. The molecule has 2 aromatic heterocycles. The van der Waals surface area contributed by atoms with Crippen molar-refractivity contribution in [2.75, 3.05) is 11.9 Å². The van der Waals surface area contributed by atoms with Crippen LogP contribution < -0.4 is 10.1 Å². The summed E-state index contributed by atoms with van der Waals surface area (Å²) in [6, 6.07) is 4.75. The van der Waals surface area contributed by atoms with Gasteiger partial charge in [0.2, 0.25) is 0 Å². The van der Waals surface area contributed by atoms with Crippen molar-refractivity contribution in [1.82, 2.24) is 14.9 Å². The van der Waals surface area contributed by atoms with Gasteiger partial charge in [-0.05, 0) is 38.0 Å². The third-order valence-corrected chi connectivity index (χ3v) is 4.64. The monoisotopic (exact) mass is 430 g/mol. The van der Waals surface area contributed by atoms with Crippen LogP contribution in [0.2, 0.25) is 0 Å². The van der Waals surface area contributed by atoms with E-state index in [4.69, 9.17) is 0 Å². The van der Waals surface area contributed by atoms with E-state index in [-0.39, 0.29) is 36.2 Å². The van der Waals surface area contributed by atoms with Gasteiger partial charge in [0.1, 0.15) is 23.1 Å². The molecule has 3 heterocycles. The number of anilines is 2. The summed E-state index contributed by atoms with van der Waals surface area (Å²) in [4.78, 5) is 22.0. The molecule has 1 aliphatic rings. The first kappa shape index (κ1) is 21.7. The standard InChI is InChI=1S/C19H19F5N4O2/c1-11-3-4-14(26-15-9-13(6-8-25-15)30-19(22,23)24)27-16(11)17(29)28-10-18(20,21)7-5-12(28)2/h3-4,6,8-9,12H,5,7,10H2,1-2H3,(H,25,26,27)/t12-/m0/s1. The van der Waals surface area contributed by atoms with Gasteiger partial charge in [-0.25, -0.2) is 18.7 Å². The number of amides is 1. The first-order chi connectivity index (χ1) is 13.9. The molecule has 30 heavy (non-hydrogen) atoms. The van der Waals surface area contributed by atoms with Crippen LogP contribution in [0, 0.1) is 6.92 Å². The molecule has 0 aliphatic carbocycles. The zero-order valence-corrected chi connectivity index (χ0v) is 16.1. The van der Waals surface area contributed by atoms with E-state index >= 15 is 0 Å². The zero-order valence-electron chi connectivity index (χ0n) is 16.1. The van der Waals surface area contributed by atoms with Gasteiger partial charge >= 0.3 is 6.36 Å². The Balaban J connectivity index is 1.82. The number of nitrogens with zero attached hydrogens (tertiary/aromatic N) is 3. The highest BCUT2D eigenvalue weighted by molar-refractivity contribution is 5.94. The number of carbonyl (C=O) groups is 1. The number of nitrogens with one attached hydrogen (secondary N) is 1. The van der Waals surface area contributed by atoms with E-state index in [0.29, 0.717) is 5.56 Å². The molecule has 1 saturated heterocycles. The molecule has 0 spiro atoms. The Morgan fingerprint density at radius 3 is 2.70 bits per heavy atom. The first-order valence-corrected chi connectivity index (χ1v) is 9.09. The SMILES string of the molecule is Cc1ccc(Nc2cc(OC(F)(F)F)ccn2)nc1C(=O)N1CC(F)(F)CC[C@@H]1C. The summed E-state index contributed by atoms with van der Waals surface area (Å²) in [7, 11) is 0. The molecular formula is C19H19F5N4O2. The van der Waals surface area contributed by atoms with Crippen molar-refractivity contribution in [1.29, 1.82) is 0 Å². The van der Waals surface area contributed by atoms with Gasteiger partial charge in [0.05, 0.1) is 6.54 Å². The van der Waals surface area contributed by atoms with Gasteiger partial charge in [0.25, 0.3) is 11.8 Å². The van der Waals surface area contributed by atoms with E-state index in [2.05, 4.69) is 20.0 Å². The van der Waals surface area contributed by atoms with Crippen molar-refractivity contribution in [2.24, 2.45) is 0 Å². The number of aromatic nitrogens is 2. The lowest BCUT2D eigenvalue weighted by Crippen LogP contribution is -2.50. The number of ether oxygens (including phenoxy) is 1. The Morgan fingerprint density at radius 1 is 1.27 bits per heavy atom. The smallest absolute Gasteiger partial charge is 0.406 e. The molecule has 1 amide bonds. The summed E-state index contributed by atoms with van der Waals surface area (Å²) in [5.41, 5.74) is 0.459. The number of hydrogen-bond donors (Lipinski definition) is 1. The largest absolute Gasteiger partial charge is 0.573 e. The second-order valence-corrected chi connectivity index (χ2v) is 7.09. The zero-order chi connectivity index (χ0) is 22.1. The molecule has 0 aromatic carbocycles. The predicted octanol–water partition coefficient (Wildman–Crippen LogP) is 4.69. The minimum atomic E-state index is -4.85. The topological polar surface area (TPSA) is 67.3 Å². The number of pyridine rings is 2. The lowest BCUT2D eigenvalue weighted by atomic mass is 9.99. The van der Waals surface area contributed by atoms with Crippen LogP contribution in [0.15, 0.2) is 30.5 Å². The fourth-order valence-corrected chi connectivity index (χ4v) is 3.09. The van der Waals surface area contributed by atoms with Gasteiger partial charge in [-0.2, -0.15) is 0 Å². The number of hydrogen-bond acceptors (Lipinski definition) is 5. The predicted molar refractivity (Wildman–Crippen MR) is 97.9 cm³/mol. The average Bonchev–Trinajstić information content (AvgIpc) is 2.64. The Bertz CT molecular complexity index is 935. The third kappa shape index (κ3) is 5.33. The first-order valence-electron chi connectivity index (χ1n) is 9.09. The summed E-state index contributed by atoms with van der Waals surface area (Å²) in [5.74, 6) is -3.95. The lowest BCUT2D eigenvalue weighted by molar-refractivity contribution is -0.274. The molecule has 162 valence electrons. The Labute approximate surface area is 169 Å². The molecule has 1 fully saturated rings. The molecule has 3 rings (SSSR count).